The standard InChI is InChI=1S/C22H23ClN4O3/c1-14-24-21(28)18-12-15(23)4-6-19(18)27(14)16-8-10-26(11-9-16)22(29)20-7-5-17(30-20)13-25(2)3/h4-8,12H,9-11,13H2,1-3H3. The zero-order valence-corrected chi connectivity index (χ0v) is 17.9. The normalized spacial score (nSPS) is 14.4. The lowest BCUT2D eigenvalue weighted by Gasteiger charge is -2.28. The Labute approximate surface area is 179 Å². The molecule has 3 heterocycles. The van der Waals surface area contributed by atoms with Gasteiger partial charge >= 0.3 is 0 Å². The lowest BCUT2D eigenvalue weighted by atomic mass is 10.1. The van der Waals surface area contributed by atoms with Crippen LogP contribution in [-0.4, -0.2) is 52.4 Å². The Kier molecular flexibility index (Phi) is 5.49. The number of aromatic nitrogens is 2. The molecule has 1 amide bonds. The number of benzene rings is 1. The van der Waals surface area contributed by atoms with Gasteiger partial charge in [0.05, 0.1) is 17.4 Å². The predicted octanol–water partition coefficient (Wildman–Crippen LogP) is 3.40. The van der Waals surface area contributed by atoms with Crippen molar-refractivity contribution in [3.8, 4) is 0 Å². The monoisotopic (exact) mass is 426 g/mol. The van der Waals surface area contributed by atoms with Gasteiger partial charge in [0.15, 0.2) is 5.76 Å². The first-order chi connectivity index (χ1) is 14.3. The fourth-order valence-corrected chi connectivity index (χ4v) is 3.93. The summed E-state index contributed by atoms with van der Waals surface area (Å²) in [6, 6.07) is 8.81. The van der Waals surface area contributed by atoms with Crippen molar-refractivity contribution in [2.75, 3.05) is 27.2 Å². The number of carbonyl (C=O) groups excluding carboxylic acids is 1. The van der Waals surface area contributed by atoms with E-state index in [9.17, 15) is 9.59 Å². The summed E-state index contributed by atoms with van der Waals surface area (Å²) in [5.41, 5.74) is 1.48. The molecule has 2 aromatic heterocycles. The topological polar surface area (TPSA) is 71.6 Å². The second-order valence-electron chi connectivity index (χ2n) is 7.66. The molecular formula is C22H23ClN4O3. The van der Waals surface area contributed by atoms with Gasteiger partial charge in [0.1, 0.15) is 11.6 Å². The third kappa shape index (κ3) is 3.91. The minimum Gasteiger partial charge on any atom is -0.455 e. The number of amides is 1. The van der Waals surface area contributed by atoms with Gasteiger partial charge in [-0.05, 0) is 57.4 Å². The van der Waals surface area contributed by atoms with Gasteiger partial charge in [0, 0.05) is 30.2 Å². The SMILES string of the molecule is Cc1nc(=O)c2cc(Cl)ccc2n1C1=CCN(C(=O)c2ccc(CN(C)C)o2)CC1. The summed E-state index contributed by atoms with van der Waals surface area (Å²) in [4.78, 5) is 33.0. The maximum absolute atomic E-state index is 12.8. The number of halogens is 1. The van der Waals surface area contributed by atoms with Gasteiger partial charge < -0.3 is 18.8 Å². The summed E-state index contributed by atoms with van der Waals surface area (Å²) < 4.78 is 7.68. The van der Waals surface area contributed by atoms with Crippen LogP contribution in [0.5, 0.6) is 0 Å². The van der Waals surface area contributed by atoms with Crippen LogP contribution in [0.4, 0.5) is 0 Å². The van der Waals surface area contributed by atoms with Gasteiger partial charge in [-0.3, -0.25) is 9.59 Å². The van der Waals surface area contributed by atoms with Crippen LogP contribution in [0.3, 0.4) is 0 Å². The average Bonchev–Trinajstić information content (AvgIpc) is 3.16. The highest BCUT2D eigenvalue weighted by Crippen LogP contribution is 2.25. The van der Waals surface area contributed by atoms with Crippen molar-refractivity contribution in [1.82, 2.24) is 19.4 Å². The van der Waals surface area contributed by atoms with Crippen LogP contribution >= 0.6 is 11.6 Å². The molecule has 1 aliphatic heterocycles. The minimum absolute atomic E-state index is 0.123. The lowest BCUT2D eigenvalue weighted by molar-refractivity contribution is 0.0737. The van der Waals surface area contributed by atoms with E-state index in [1.807, 2.05) is 48.7 Å². The molecule has 3 aromatic rings. The fraction of sp³-hybridized carbons (Fsp3) is 0.318. The van der Waals surface area contributed by atoms with Crippen LogP contribution in [0, 0.1) is 6.92 Å². The molecule has 0 N–H and O–H groups in total. The third-order valence-corrected chi connectivity index (χ3v) is 5.36. The van der Waals surface area contributed by atoms with Gasteiger partial charge in [-0.1, -0.05) is 11.6 Å². The van der Waals surface area contributed by atoms with Crippen molar-refractivity contribution >= 4 is 34.1 Å². The number of fused-ring (bicyclic) bond motifs is 1. The zero-order chi connectivity index (χ0) is 21.4. The van der Waals surface area contributed by atoms with E-state index in [1.54, 1.807) is 23.1 Å². The number of rotatable bonds is 4. The molecule has 0 unspecified atom stereocenters. The molecule has 0 fully saturated rings. The molecule has 30 heavy (non-hydrogen) atoms. The van der Waals surface area contributed by atoms with Crippen molar-refractivity contribution in [3.63, 3.8) is 0 Å². The van der Waals surface area contributed by atoms with E-state index in [1.165, 1.54) is 0 Å². The molecule has 1 aliphatic rings. The number of hydrogen-bond acceptors (Lipinski definition) is 5. The van der Waals surface area contributed by atoms with Crippen molar-refractivity contribution in [3.05, 3.63) is 69.1 Å². The molecule has 0 atom stereocenters. The van der Waals surface area contributed by atoms with E-state index < -0.39 is 0 Å². The first-order valence-corrected chi connectivity index (χ1v) is 10.1. The quantitative estimate of drug-likeness (QED) is 0.639. The highest BCUT2D eigenvalue weighted by molar-refractivity contribution is 6.31. The molecule has 1 aromatic carbocycles. The highest BCUT2D eigenvalue weighted by atomic mass is 35.5. The molecule has 156 valence electrons. The minimum atomic E-state index is -0.291. The van der Waals surface area contributed by atoms with E-state index in [-0.39, 0.29) is 11.5 Å². The molecule has 0 radical (unpaired) electrons. The summed E-state index contributed by atoms with van der Waals surface area (Å²) in [7, 11) is 3.90. The largest absolute Gasteiger partial charge is 0.455 e. The van der Waals surface area contributed by atoms with Gasteiger partial charge in [-0.15, -0.1) is 0 Å². The number of furan rings is 1. The first kappa shape index (κ1) is 20.4. The summed E-state index contributed by atoms with van der Waals surface area (Å²) in [6.45, 7) is 3.46. The van der Waals surface area contributed by atoms with Crippen molar-refractivity contribution < 1.29 is 9.21 Å². The van der Waals surface area contributed by atoms with E-state index in [0.717, 1.165) is 17.0 Å². The lowest BCUT2D eigenvalue weighted by Crippen LogP contribution is -2.35. The van der Waals surface area contributed by atoms with E-state index >= 15 is 0 Å². The molecular weight excluding hydrogens is 404 g/mol. The summed E-state index contributed by atoms with van der Waals surface area (Å²) in [5, 5.41) is 0.981. The van der Waals surface area contributed by atoms with Crippen molar-refractivity contribution in [1.29, 1.82) is 0 Å². The Morgan fingerprint density at radius 3 is 2.77 bits per heavy atom. The van der Waals surface area contributed by atoms with Crippen LogP contribution < -0.4 is 5.56 Å². The molecule has 4 rings (SSSR count). The molecule has 0 bridgehead atoms. The van der Waals surface area contributed by atoms with Crippen molar-refractivity contribution in [2.45, 2.75) is 19.9 Å². The molecule has 8 heteroatoms. The highest BCUT2D eigenvalue weighted by Gasteiger charge is 2.23. The fourth-order valence-electron chi connectivity index (χ4n) is 3.76. The van der Waals surface area contributed by atoms with Crippen LogP contribution in [0.2, 0.25) is 5.02 Å². The van der Waals surface area contributed by atoms with Gasteiger partial charge in [0.25, 0.3) is 11.5 Å². The first-order valence-electron chi connectivity index (χ1n) is 9.74. The number of hydrogen-bond donors (Lipinski definition) is 0. The molecule has 0 saturated carbocycles. The van der Waals surface area contributed by atoms with E-state index in [4.69, 9.17) is 16.0 Å². The number of carbonyl (C=O) groups is 1. The Morgan fingerprint density at radius 1 is 1.27 bits per heavy atom. The Bertz CT molecular complexity index is 1210. The number of nitrogens with zero attached hydrogens (tertiary/aromatic N) is 4. The Balaban J connectivity index is 1.59. The van der Waals surface area contributed by atoms with Crippen LogP contribution in [-0.2, 0) is 6.54 Å². The maximum Gasteiger partial charge on any atom is 0.289 e. The Hall–Kier alpha value is -2.90. The van der Waals surface area contributed by atoms with Crippen LogP contribution in [0.25, 0.3) is 16.6 Å². The van der Waals surface area contributed by atoms with Gasteiger partial charge in [-0.2, -0.15) is 4.98 Å². The van der Waals surface area contributed by atoms with E-state index in [2.05, 4.69) is 4.98 Å². The maximum atomic E-state index is 12.8. The second-order valence-corrected chi connectivity index (χ2v) is 8.10. The molecule has 7 nitrogen and oxygen atoms in total. The molecule has 0 spiro atoms. The van der Waals surface area contributed by atoms with Gasteiger partial charge in [0.2, 0.25) is 0 Å². The van der Waals surface area contributed by atoms with E-state index in [0.29, 0.717) is 48.0 Å². The van der Waals surface area contributed by atoms with Crippen LogP contribution in [0.15, 0.2) is 45.6 Å². The van der Waals surface area contributed by atoms with Crippen molar-refractivity contribution in [2.24, 2.45) is 0 Å². The second kappa shape index (κ2) is 8.08. The Morgan fingerprint density at radius 2 is 2.07 bits per heavy atom. The molecule has 0 aliphatic carbocycles. The number of aryl methyl sites for hydroxylation is 1. The van der Waals surface area contributed by atoms with Gasteiger partial charge in [-0.25, -0.2) is 0 Å². The van der Waals surface area contributed by atoms with Crippen LogP contribution in [0.1, 0.15) is 28.6 Å². The average molecular weight is 427 g/mol. The summed E-state index contributed by atoms with van der Waals surface area (Å²) >= 11 is 6.06. The predicted molar refractivity (Wildman–Crippen MR) is 117 cm³/mol. The molecule has 0 saturated heterocycles. The smallest absolute Gasteiger partial charge is 0.289 e. The summed E-state index contributed by atoms with van der Waals surface area (Å²) in [6.07, 6.45) is 2.64. The third-order valence-electron chi connectivity index (χ3n) is 5.12. The zero-order valence-electron chi connectivity index (χ0n) is 17.2. The summed E-state index contributed by atoms with van der Waals surface area (Å²) in [5.74, 6) is 1.60.